The molecule has 0 saturated carbocycles. The normalized spacial score (nSPS) is 10.5. The first-order valence-electron chi connectivity index (χ1n) is 5.14. The second kappa shape index (κ2) is 4.67. The molecule has 0 atom stereocenters. The summed E-state index contributed by atoms with van der Waals surface area (Å²) >= 11 is 5.83. The Kier molecular flexibility index (Phi) is 3.24. The third-order valence-electron chi connectivity index (χ3n) is 2.41. The zero-order valence-corrected chi connectivity index (χ0v) is 9.91. The molecule has 3 nitrogen and oxygen atoms in total. The van der Waals surface area contributed by atoms with Gasteiger partial charge in [0.2, 0.25) is 5.78 Å². The summed E-state index contributed by atoms with van der Waals surface area (Å²) in [6.45, 7) is 2.55. The average molecular weight is 253 g/mol. The molecule has 0 unspecified atom stereocenters. The number of benzene rings is 1. The summed E-state index contributed by atoms with van der Waals surface area (Å²) in [5.74, 6) is -1.07. The third kappa shape index (κ3) is 2.22. The SMILES string of the molecule is CCn1cc(C(=O)c2c(F)cccc2Cl)cn1. The van der Waals surface area contributed by atoms with Gasteiger partial charge in [-0.3, -0.25) is 9.48 Å². The highest BCUT2D eigenvalue weighted by molar-refractivity contribution is 6.35. The van der Waals surface area contributed by atoms with Crippen molar-refractivity contribution in [1.29, 1.82) is 0 Å². The predicted octanol–water partition coefficient (Wildman–Crippen LogP) is 2.93. The van der Waals surface area contributed by atoms with E-state index in [1.165, 1.54) is 24.4 Å². The Morgan fingerprint density at radius 3 is 2.88 bits per heavy atom. The van der Waals surface area contributed by atoms with Crippen molar-refractivity contribution < 1.29 is 9.18 Å². The van der Waals surface area contributed by atoms with Crippen molar-refractivity contribution in [2.45, 2.75) is 13.5 Å². The Morgan fingerprint density at radius 1 is 1.53 bits per heavy atom. The van der Waals surface area contributed by atoms with Gasteiger partial charge in [-0.2, -0.15) is 5.10 Å². The van der Waals surface area contributed by atoms with Gasteiger partial charge in [-0.1, -0.05) is 17.7 Å². The van der Waals surface area contributed by atoms with E-state index < -0.39 is 11.6 Å². The van der Waals surface area contributed by atoms with Crippen LogP contribution in [0.4, 0.5) is 4.39 Å². The van der Waals surface area contributed by atoms with Crippen LogP contribution in [0.25, 0.3) is 0 Å². The standard InChI is InChI=1S/C12H10ClFN2O/c1-2-16-7-8(6-15-16)12(17)11-9(13)4-3-5-10(11)14/h3-7H,2H2,1H3. The molecule has 0 spiro atoms. The highest BCUT2D eigenvalue weighted by Gasteiger charge is 2.18. The molecule has 88 valence electrons. The number of halogens is 2. The van der Waals surface area contributed by atoms with Gasteiger partial charge in [0.1, 0.15) is 5.82 Å². The van der Waals surface area contributed by atoms with E-state index in [0.717, 1.165) is 0 Å². The molecule has 0 saturated heterocycles. The van der Waals surface area contributed by atoms with E-state index in [4.69, 9.17) is 11.6 Å². The molecular formula is C12H10ClFN2O. The number of nitrogens with zero attached hydrogens (tertiary/aromatic N) is 2. The minimum atomic E-state index is -0.619. The predicted molar refractivity (Wildman–Crippen MR) is 62.7 cm³/mol. The number of rotatable bonds is 3. The Bertz CT molecular complexity index is 545. The van der Waals surface area contributed by atoms with Crippen LogP contribution in [0.5, 0.6) is 0 Å². The molecule has 0 amide bonds. The lowest BCUT2D eigenvalue weighted by Crippen LogP contribution is -2.04. The number of hydrogen-bond donors (Lipinski definition) is 0. The molecule has 1 aromatic heterocycles. The molecular weight excluding hydrogens is 243 g/mol. The molecule has 0 N–H and O–H groups in total. The average Bonchev–Trinajstić information content (AvgIpc) is 2.77. The van der Waals surface area contributed by atoms with Crippen LogP contribution in [0.1, 0.15) is 22.8 Å². The van der Waals surface area contributed by atoms with E-state index in [1.807, 2.05) is 6.92 Å². The lowest BCUT2D eigenvalue weighted by Gasteiger charge is -2.02. The van der Waals surface area contributed by atoms with Gasteiger partial charge < -0.3 is 0 Å². The highest BCUT2D eigenvalue weighted by Crippen LogP contribution is 2.22. The summed E-state index contributed by atoms with van der Waals surface area (Å²) in [5, 5.41) is 4.08. The minimum absolute atomic E-state index is 0.107. The zero-order valence-electron chi connectivity index (χ0n) is 9.15. The maximum Gasteiger partial charge on any atom is 0.200 e. The van der Waals surface area contributed by atoms with Gasteiger partial charge in [-0.15, -0.1) is 0 Å². The van der Waals surface area contributed by atoms with Crippen molar-refractivity contribution in [3.05, 3.63) is 52.6 Å². The molecule has 0 fully saturated rings. The van der Waals surface area contributed by atoms with Crippen LogP contribution in [-0.2, 0) is 6.54 Å². The smallest absolute Gasteiger partial charge is 0.200 e. The van der Waals surface area contributed by atoms with Crippen LogP contribution in [0.3, 0.4) is 0 Å². The number of hydrogen-bond acceptors (Lipinski definition) is 2. The van der Waals surface area contributed by atoms with Gasteiger partial charge in [-0.05, 0) is 19.1 Å². The van der Waals surface area contributed by atoms with Gasteiger partial charge in [0.25, 0.3) is 0 Å². The second-order valence-electron chi connectivity index (χ2n) is 3.51. The van der Waals surface area contributed by atoms with Gasteiger partial charge in [0.05, 0.1) is 22.3 Å². The Labute approximate surface area is 103 Å². The fraction of sp³-hybridized carbons (Fsp3) is 0.167. The molecule has 0 aliphatic rings. The van der Waals surface area contributed by atoms with Crippen LogP contribution in [0.2, 0.25) is 5.02 Å². The largest absolute Gasteiger partial charge is 0.288 e. The monoisotopic (exact) mass is 252 g/mol. The quantitative estimate of drug-likeness (QED) is 0.788. The van der Waals surface area contributed by atoms with Crippen LogP contribution in [-0.4, -0.2) is 15.6 Å². The summed E-state index contributed by atoms with van der Waals surface area (Å²) in [5.41, 5.74) is 0.226. The molecule has 0 aliphatic heterocycles. The van der Waals surface area contributed by atoms with E-state index >= 15 is 0 Å². The number of ketones is 1. The first-order chi connectivity index (χ1) is 8.13. The van der Waals surface area contributed by atoms with Crippen molar-refractivity contribution in [2.75, 3.05) is 0 Å². The zero-order chi connectivity index (χ0) is 12.4. The van der Waals surface area contributed by atoms with E-state index in [1.54, 1.807) is 10.9 Å². The van der Waals surface area contributed by atoms with Gasteiger partial charge in [-0.25, -0.2) is 4.39 Å². The van der Waals surface area contributed by atoms with Crippen molar-refractivity contribution in [3.8, 4) is 0 Å². The minimum Gasteiger partial charge on any atom is -0.288 e. The molecule has 0 radical (unpaired) electrons. The van der Waals surface area contributed by atoms with Gasteiger partial charge in [0.15, 0.2) is 0 Å². The van der Waals surface area contributed by atoms with E-state index in [-0.39, 0.29) is 10.6 Å². The Balaban J connectivity index is 2.43. The topological polar surface area (TPSA) is 34.9 Å². The second-order valence-corrected chi connectivity index (χ2v) is 3.92. The number of aromatic nitrogens is 2. The fourth-order valence-corrected chi connectivity index (χ4v) is 1.76. The van der Waals surface area contributed by atoms with Crippen LogP contribution >= 0.6 is 11.6 Å². The molecule has 17 heavy (non-hydrogen) atoms. The molecule has 2 aromatic rings. The van der Waals surface area contributed by atoms with Crippen molar-refractivity contribution in [2.24, 2.45) is 0 Å². The highest BCUT2D eigenvalue weighted by atomic mass is 35.5. The first kappa shape index (κ1) is 11.8. The maximum atomic E-state index is 13.5. The molecule has 2 rings (SSSR count). The van der Waals surface area contributed by atoms with Crippen LogP contribution < -0.4 is 0 Å². The van der Waals surface area contributed by atoms with E-state index in [0.29, 0.717) is 12.1 Å². The molecule has 0 aliphatic carbocycles. The Morgan fingerprint density at radius 2 is 2.29 bits per heavy atom. The summed E-state index contributed by atoms with van der Waals surface area (Å²) < 4.78 is 15.1. The third-order valence-corrected chi connectivity index (χ3v) is 2.72. The fourth-order valence-electron chi connectivity index (χ4n) is 1.51. The summed E-state index contributed by atoms with van der Waals surface area (Å²) in [4.78, 5) is 12.0. The molecule has 5 heteroatoms. The lowest BCUT2D eigenvalue weighted by molar-refractivity contribution is 0.103. The van der Waals surface area contributed by atoms with E-state index in [2.05, 4.69) is 5.10 Å². The summed E-state index contributed by atoms with van der Waals surface area (Å²) in [6, 6.07) is 4.16. The van der Waals surface area contributed by atoms with Gasteiger partial charge >= 0.3 is 0 Å². The molecule has 0 bridgehead atoms. The molecule has 1 heterocycles. The van der Waals surface area contributed by atoms with Crippen molar-refractivity contribution in [1.82, 2.24) is 9.78 Å². The van der Waals surface area contributed by atoms with E-state index in [9.17, 15) is 9.18 Å². The lowest BCUT2D eigenvalue weighted by atomic mass is 10.1. The van der Waals surface area contributed by atoms with Crippen LogP contribution in [0, 0.1) is 5.82 Å². The number of carbonyl (C=O) groups is 1. The van der Waals surface area contributed by atoms with Crippen LogP contribution in [0.15, 0.2) is 30.6 Å². The first-order valence-corrected chi connectivity index (χ1v) is 5.52. The van der Waals surface area contributed by atoms with Crippen molar-refractivity contribution >= 4 is 17.4 Å². The Hall–Kier alpha value is -1.68. The molecule has 1 aromatic carbocycles. The summed E-state index contributed by atoms with van der Waals surface area (Å²) in [6.07, 6.45) is 2.99. The summed E-state index contributed by atoms with van der Waals surface area (Å²) in [7, 11) is 0. The number of carbonyl (C=O) groups excluding carboxylic acids is 1. The van der Waals surface area contributed by atoms with Crippen molar-refractivity contribution in [3.63, 3.8) is 0 Å². The van der Waals surface area contributed by atoms with Gasteiger partial charge in [0, 0.05) is 12.7 Å². The maximum absolute atomic E-state index is 13.5. The number of aryl methyl sites for hydroxylation is 1.